The number of carbonyl (C=O) groups excluding carboxylic acids is 1. The van der Waals surface area contributed by atoms with Gasteiger partial charge >= 0.3 is 0 Å². The van der Waals surface area contributed by atoms with E-state index in [0.717, 1.165) is 69.1 Å². The van der Waals surface area contributed by atoms with Crippen LogP contribution in [-0.2, 0) is 0 Å². The molecule has 1 aromatic carbocycles. The summed E-state index contributed by atoms with van der Waals surface area (Å²) < 4.78 is 18.8. The number of hydrogen-bond acceptors (Lipinski definition) is 4. The van der Waals surface area contributed by atoms with Gasteiger partial charge in [0.15, 0.2) is 5.76 Å². The molecule has 1 atom stereocenters. The highest BCUT2D eigenvalue weighted by Crippen LogP contribution is 2.23. The van der Waals surface area contributed by atoms with Crippen LogP contribution in [0.25, 0.3) is 0 Å². The number of rotatable bonds is 3. The van der Waals surface area contributed by atoms with Gasteiger partial charge in [-0.05, 0) is 57.0 Å². The third kappa shape index (κ3) is 3.92. The molecule has 6 heteroatoms. The molecule has 0 N–H and O–H groups in total. The lowest BCUT2D eigenvalue weighted by Gasteiger charge is -2.43. The summed E-state index contributed by atoms with van der Waals surface area (Å²) >= 11 is 0. The number of carbonyl (C=O) groups is 1. The molecule has 2 fully saturated rings. The summed E-state index contributed by atoms with van der Waals surface area (Å²) in [7, 11) is 0. The fourth-order valence-electron chi connectivity index (χ4n) is 4.43. The van der Waals surface area contributed by atoms with Crippen LogP contribution >= 0.6 is 0 Å². The van der Waals surface area contributed by atoms with Crippen LogP contribution in [-0.4, -0.2) is 61.0 Å². The average Bonchev–Trinajstić information content (AvgIpc) is 3.06. The highest BCUT2D eigenvalue weighted by molar-refractivity contribution is 5.93. The first-order valence-electron chi connectivity index (χ1n) is 10.1. The number of amides is 1. The maximum atomic E-state index is 13.1. The van der Waals surface area contributed by atoms with Crippen molar-refractivity contribution >= 4 is 11.6 Å². The first-order valence-corrected chi connectivity index (χ1v) is 10.1. The predicted octanol–water partition coefficient (Wildman–Crippen LogP) is 3.46. The number of aryl methyl sites for hydroxylation is 2. The normalized spacial score (nSPS) is 21.2. The fourth-order valence-corrected chi connectivity index (χ4v) is 4.43. The maximum Gasteiger partial charge on any atom is 0.289 e. The van der Waals surface area contributed by atoms with Gasteiger partial charge in [-0.1, -0.05) is 0 Å². The smallest absolute Gasteiger partial charge is 0.289 e. The molecule has 5 nitrogen and oxygen atoms in total. The summed E-state index contributed by atoms with van der Waals surface area (Å²) in [5, 5.41) is 0. The van der Waals surface area contributed by atoms with Gasteiger partial charge in [0, 0.05) is 56.6 Å². The van der Waals surface area contributed by atoms with Crippen molar-refractivity contribution in [2.45, 2.75) is 32.7 Å². The molecule has 0 spiro atoms. The second-order valence-corrected chi connectivity index (χ2v) is 7.92. The van der Waals surface area contributed by atoms with Gasteiger partial charge in [0.25, 0.3) is 5.91 Å². The Hall–Kier alpha value is -2.34. The topological polar surface area (TPSA) is 39.9 Å². The Bertz CT molecular complexity index is 825. The quantitative estimate of drug-likeness (QED) is 0.811. The number of nitrogens with zero attached hydrogens (tertiary/aromatic N) is 3. The Morgan fingerprint density at radius 1 is 1.07 bits per heavy atom. The van der Waals surface area contributed by atoms with Crippen LogP contribution in [0.1, 0.15) is 34.7 Å². The Balaban J connectivity index is 1.36. The van der Waals surface area contributed by atoms with E-state index >= 15 is 0 Å². The zero-order valence-electron chi connectivity index (χ0n) is 16.7. The van der Waals surface area contributed by atoms with E-state index < -0.39 is 0 Å². The molecule has 0 bridgehead atoms. The van der Waals surface area contributed by atoms with Gasteiger partial charge < -0.3 is 14.2 Å². The highest BCUT2D eigenvalue weighted by Gasteiger charge is 2.31. The minimum atomic E-state index is -0.198. The Kier molecular flexibility index (Phi) is 5.40. The van der Waals surface area contributed by atoms with Crippen LogP contribution in [0.4, 0.5) is 10.1 Å². The molecule has 0 unspecified atom stereocenters. The third-order valence-electron chi connectivity index (χ3n) is 5.94. The van der Waals surface area contributed by atoms with Crippen molar-refractivity contribution < 1.29 is 13.6 Å². The van der Waals surface area contributed by atoms with Gasteiger partial charge in [-0.2, -0.15) is 0 Å². The van der Waals surface area contributed by atoms with E-state index in [2.05, 4.69) is 9.80 Å². The number of piperazine rings is 1. The van der Waals surface area contributed by atoms with Gasteiger partial charge in [0.2, 0.25) is 0 Å². The molecule has 150 valence electrons. The van der Waals surface area contributed by atoms with Crippen molar-refractivity contribution in [3.05, 3.63) is 53.2 Å². The number of halogens is 1. The van der Waals surface area contributed by atoms with E-state index in [1.165, 1.54) is 12.1 Å². The zero-order chi connectivity index (χ0) is 19.7. The lowest BCUT2D eigenvalue weighted by Crippen LogP contribution is -2.55. The molecule has 2 aliphatic rings. The molecule has 2 saturated heterocycles. The van der Waals surface area contributed by atoms with Crippen LogP contribution in [0.5, 0.6) is 0 Å². The van der Waals surface area contributed by atoms with Crippen molar-refractivity contribution in [1.29, 1.82) is 0 Å². The van der Waals surface area contributed by atoms with Crippen molar-refractivity contribution in [3.63, 3.8) is 0 Å². The molecule has 2 aromatic rings. The lowest BCUT2D eigenvalue weighted by atomic mass is 10.0. The van der Waals surface area contributed by atoms with Gasteiger partial charge in [-0.25, -0.2) is 4.39 Å². The first kappa shape index (κ1) is 19.0. The van der Waals surface area contributed by atoms with E-state index in [4.69, 9.17) is 4.42 Å². The highest BCUT2D eigenvalue weighted by atomic mass is 19.1. The van der Waals surface area contributed by atoms with Gasteiger partial charge in [0.1, 0.15) is 11.6 Å². The van der Waals surface area contributed by atoms with Crippen LogP contribution in [0.3, 0.4) is 0 Å². The van der Waals surface area contributed by atoms with E-state index in [-0.39, 0.29) is 11.7 Å². The average molecular weight is 385 g/mol. The fraction of sp³-hybridized carbons (Fsp3) is 0.500. The lowest BCUT2D eigenvalue weighted by molar-refractivity contribution is 0.0533. The predicted molar refractivity (Wildman–Crippen MR) is 107 cm³/mol. The van der Waals surface area contributed by atoms with Gasteiger partial charge in [0.05, 0.1) is 0 Å². The summed E-state index contributed by atoms with van der Waals surface area (Å²) in [5.41, 5.74) is 1.99. The molecular weight excluding hydrogens is 357 g/mol. The van der Waals surface area contributed by atoms with Crippen LogP contribution in [0.2, 0.25) is 0 Å². The molecule has 28 heavy (non-hydrogen) atoms. The molecule has 0 aliphatic carbocycles. The van der Waals surface area contributed by atoms with E-state index in [9.17, 15) is 9.18 Å². The third-order valence-corrected chi connectivity index (χ3v) is 5.94. The summed E-state index contributed by atoms with van der Waals surface area (Å²) in [4.78, 5) is 19.7. The molecular formula is C22H28FN3O2. The van der Waals surface area contributed by atoms with E-state index in [0.29, 0.717) is 11.8 Å². The van der Waals surface area contributed by atoms with E-state index in [1.807, 2.05) is 36.9 Å². The second-order valence-electron chi connectivity index (χ2n) is 7.92. The zero-order valence-corrected chi connectivity index (χ0v) is 16.7. The van der Waals surface area contributed by atoms with Crippen LogP contribution < -0.4 is 4.90 Å². The summed E-state index contributed by atoms with van der Waals surface area (Å²) in [6, 6.07) is 9.04. The Morgan fingerprint density at radius 3 is 2.43 bits per heavy atom. The van der Waals surface area contributed by atoms with Gasteiger partial charge in [-0.3, -0.25) is 9.69 Å². The number of anilines is 1. The number of piperidine rings is 1. The number of furan rings is 1. The minimum Gasteiger partial charge on any atom is -0.456 e. The van der Waals surface area contributed by atoms with Crippen molar-refractivity contribution in [3.8, 4) is 0 Å². The molecule has 3 heterocycles. The number of likely N-dealkylation sites (tertiary alicyclic amines) is 1. The maximum absolute atomic E-state index is 13.1. The molecule has 0 saturated carbocycles. The molecule has 0 radical (unpaired) electrons. The molecule has 2 aliphatic heterocycles. The summed E-state index contributed by atoms with van der Waals surface area (Å²) in [5.74, 6) is 1.09. The molecule has 1 aromatic heterocycles. The van der Waals surface area contributed by atoms with Gasteiger partial charge in [-0.15, -0.1) is 0 Å². The van der Waals surface area contributed by atoms with Crippen molar-refractivity contribution in [2.24, 2.45) is 0 Å². The molecule has 4 rings (SSSR count). The monoisotopic (exact) mass is 385 g/mol. The van der Waals surface area contributed by atoms with Crippen LogP contribution in [0.15, 0.2) is 34.7 Å². The Labute approximate surface area is 165 Å². The number of hydrogen-bond donors (Lipinski definition) is 0. The van der Waals surface area contributed by atoms with Crippen LogP contribution in [0, 0.1) is 19.7 Å². The summed E-state index contributed by atoms with van der Waals surface area (Å²) in [6.45, 7) is 9.13. The van der Waals surface area contributed by atoms with Crippen molar-refractivity contribution in [1.82, 2.24) is 9.80 Å². The van der Waals surface area contributed by atoms with Crippen molar-refractivity contribution in [2.75, 3.05) is 44.2 Å². The Morgan fingerprint density at radius 2 is 1.79 bits per heavy atom. The molecule has 1 amide bonds. The van der Waals surface area contributed by atoms with E-state index in [1.54, 1.807) is 0 Å². The first-order chi connectivity index (χ1) is 13.5. The standard InChI is InChI=1S/C22H28FN3O2/c1-16-14-17(2)28-21(16)22(27)26-9-3-4-20(15-26)25-12-10-24(11-13-25)19-7-5-18(23)6-8-19/h5-8,14,20H,3-4,9-13,15H2,1-2H3/t20-/m1/s1. The second kappa shape index (κ2) is 7.95. The summed E-state index contributed by atoms with van der Waals surface area (Å²) in [6.07, 6.45) is 2.14. The number of benzene rings is 1. The SMILES string of the molecule is Cc1cc(C)c(C(=O)N2CCC[C@@H](N3CCN(c4ccc(F)cc4)CC3)C2)o1. The minimum absolute atomic E-state index is 0.0141. The largest absolute Gasteiger partial charge is 0.456 e.